The zero-order chi connectivity index (χ0) is 14.1. The fourth-order valence-electron chi connectivity index (χ4n) is 2.21. The largest absolute Gasteiger partial charge is 0.497 e. The number of nitrogens with one attached hydrogen (secondary N) is 1. The number of methoxy groups -OCH3 is 1. The lowest BCUT2D eigenvalue weighted by atomic mass is 10.0. The minimum absolute atomic E-state index is 0.0167. The van der Waals surface area contributed by atoms with E-state index in [1.807, 2.05) is 24.3 Å². The summed E-state index contributed by atoms with van der Waals surface area (Å²) in [5.74, 6) is 0.698. The van der Waals surface area contributed by atoms with E-state index in [0.717, 1.165) is 15.4 Å². The molecule has 1 aromatic heterocycles. The van der Waals surface area contributed by atoms with Gasteiger partial charge in [0.25, 0.3) is 0 Å². The van der Waals surface area contributed by atoms with E-state index in [4.69, 9.17) is 4.74 Å². The van der Waals surface area contributed by atoms with Crippen molar-refractivity contribution in [3.63, 3.8) is 0 Å². The molecule has 0 saturated carbocycles. The van der Waals surface area contributed by atoms with Crippen LogP contribution in [-0.4, -0.2) is 17.9 Å². The molecule has 0 fully saturated rings. The molecule has 1 N–H and O–H groups in total. The molecule has 4 heteroatoms. The number of fused-ring (bicyclic) bond motifs is 1. The van der Waals surface area contributed by atoms with E-state index in [-0.39, 0.29) is 5.78 Å². The van der Waals surface area contributed by atoms with Crippen LogP contribution in [0.25, 0.3) is 10.9 Å². The van der Waals surface area contributed by atoms with Crippen LogP contribution < -0.4 is 4.74 Å². The predicted molar refractivity (Wildman–Crippen MR) is 82.4 cm³/mol. The van der Waals surface area contributed by atoms with Gasteiger partial charge in [0.15, 0.2) is 5.78 Å². The zero-order valence-electron chi connectivity index (χ0n) is 10.8. The molecule has 3 nitrogen and oxygen atoms in total. The highest BCUT2D eigenvalue weighted by atomic mass is 79.9. The quantitative estimate of drug-likeness (QED) is 0.733. The number of carbonyl (C=O) groups is 1. The molecule has 0 atom stereocenters. The first-order valence-electron chi connectivity index (χ1n) is 6.15. The number of rotatable bonds is 3. The number of aromatic amines is 1. The van der Waals surface area contributed by atoms with Gasteiger partial charge >= 0.3 is 0 Å². The van der Waals surface area contributed by atoms with Crippen molar-refractivity contribution in [2.75, 3.05) is 7.11 Å². The number of ketones is 1. The third kappa shape index (κ3) is 2.12. The Bertz CT molecular complexity index is 792. The summed E-state index contributed by atoms with van der Waals surface area (Å²) in [5, 5.41) is 0.931. The molecule has 20 heavy (non-hydrogen) atoms. The van der Waals surface area contributed by atoms with E-state index >= 15 is 0 Å². The van der Waals surface area contributed by atoms with Gasteiger partial charge in [0.05, 0.1) is 7.11 Å². The number of halogens is 1. The lowest BCUT2D eigenvalue weighted by Crippen LogP contribution is -2.01. The van der Waals surface area contributed by atoms with Crippen molar-refractivity contribution in [2.24, 2.45) is 0 Å². The topological polar surface area (TPSA) is 42.1 Å². The molecule has 0 aliphatic rings. The van der Waals surface area contributed by atoms with Gasteiger partial charge in [-0.15, -0.1) is 0 Å². The zero-order valence-corrected chi connectivity index (χ0v) is 12.4. The maximum Gasteiger partial charge on any atom is 0.196 e. The number of aromatic nitrogens is 1. The summed E-state index contributed by atoms with van der Waals surface area (Å²) < 4.78 is 5.87. The molecule has 0 aliphatic heterocycles. The molecule has 3 aromatic rings. The molecule has 3 rings (SSSR count). The summed E-state index contributed by atoms with van der Waals surface area (Å²) in [7, 11) is 1.60. The first-order chi connectivity index (χ1) is 9.70. The van der Waals surface area contributed by atoms with Crippen molar-refractivity contribution in [1.29, 1.82) is 0 Å². The van der Waals surface area contributed by atoms with E-state index in [0.29, 0.717) is 16.9 Å². The summed E-state index contributed by atoms with van der Waals surface area (Å²) in [6.45, 7) is 0. The second-order valence-corrected chi connectivity index (χ2v) is 5.28. The highest BCUT2D eigenvalue weighted by Crippen LogP contribution is 2.27. The molecule has 0 radical (unpaired) electrons. The van der Waals surface area contributed by atoms with E-state index < -0.39 is 0 Å². The number of para-hydroxylation sites is 1. The Labute approximate surface area is 124 Å². The van der Waals surface area contributed by atoms with Gasteiger partial charge in [-0.2, -0.15) is 0 Å². The molecular weight excluding hydrogens is 318 g/mol. The van der Waals surface area contributed by atoms with Crippen molar-refractivity contribution in [3.8, 4) is 5.75 Å². The molecule has 0 amide bonds. The molecule has 0 aliphatic carbocycles. The number of ether oxygens (including phenoxy) is 1. The average molecular weight is 330 g/mol. The smallest absolute Gasteiger partial charge is 0.196 e. The Morgan fingerprint density at radius 3 is 2.70 bits per heavy atom. The van der Waals surface area contributed by atoms with Crippen molar-refractivity contribution >= 4 is 32.6 Å². The van der Waals surface area contributed by atoms with Crippen LogP contribution in [0, 0.1) is 0 Å². The van der Waals surface area contributed by atoms with Gasteiger partial charge in [0, 0.05) is 32.7 Å². The van der Waals surface area contributed by atoms with Gasteiger partial charge in [-0.1, -0.05) is 18.2 Å². The van der Waals surface area contributed by atoms with Crippen LogP contribution in [0.3, 0.4) is 0 Å². The van der Waals surface area contributed by atoms with E-state index in [1.165, 1.54) is 0 Å². The van der Waals surface area contributed by atoms with Crippen molar-refractivity contribution in [2.45, 2.75) is 0 Å². The fraction of sp³-hybridized carbons (Fsp3) is 0.0625. The number of H-pyrrole nitrogens is 1. The van der Waals surface area contributed by atoms with Gasteiger partial charge in [0.1, 0.15) is 5.75 Å². The molecule has 0 spiro atoms. The fourth-order valence-corrected chi connectivity index (χ4v) is 2.75. The minimum Gasteiger partial charge on any atom is -0.497 e. The van der Waals surface area contributed by atoms with Gasteiger partial charge in [-0.05, 0) is 40.2 Å². The Hall–Kier alpha value is -2.07. The first-order valence-corrected chi connectivity index (χ1v) is 6.94. The standard InChI is InChI=1S/C16H12BrNO2/c1-20-10-6-7-12(14(17)8-10)16(19)13-9-18-15-5-3-2-4-11(13)15/h2-9,18H,1H3. The van der Waals surface area contributed by atoms with Crippen LogP contribution in [0.15, 0.2) is 53.1 Å². The Morgan fingerprint density at radius 1 is 1.15 bits per heavy atom. The van der Waals surface area contributed by atoms with Crippen LogP contribution in [0.1, 0.15) is 15.9 Å². The Morgan fingerprint density at radius 2 is 1.95 bits per heavy atom. The molecule has 0 bridgehead atoms. The van der Waals surface area contributed by atoms with Crippen molar-refractivity contribution in [1.82, 2.24) is 4.98 Å². The number of benzene rings is 2. The van der Waals surface area contributed by atoms with Gasteiger partial charge < -0.3 is 9.72 Å². The molecule has 1 heterocycles. The summed E-state index contributed by atoms with van der Waals surface area (Å²) >= 11 is 3.43. The van der Waals surface area contributed by atoms with Crippen molar-refractivity contribution < 1.29 is 9.53 Å². The normalized spacial score (nSPS) is 10.7. The van der Waals surface area contributed by atoms with Crippen molar-refractivity contribution in [3.05, 3.63) is 64.3 Å². The monoisotopic (exact) mass is 329 g/mol. The Kier molecular flexibility index (Phi) is 3.32. The molecule has 0 saturated heterocycles. The molecule has 0 unspecified atom stereocenters. The van der Waals surface area contributed by atoms with Gasteiger partial charge in [-0.3, -0.25) is 4.79 Å². The predicted octanol–water partition coefficient (Wildman–Crippen LogP) is 4.17. The van der Waals surface area contributed by atoms with Crippen LogP contribution >= 0.6 is 15.9 Å². The number of carbonyl (C=O) groups excluding carboxylic acids is 1. The highest BCUT2D eigenvalue weighted by Gasteiger charge is 2.16. The summed E-state index contributed by atoms with van der Waals surface area (Å²) in [6.07, 6.45) is 1.75. The summed E-state index contributed by atoms with van der Waals surface area (Å²) in [6, 6.07) is 13.1. The molecule has 2 aromatic carbocycles. The summed E-state index contributed by atoms with van der Waals surface area (Å²) in [4.78, 5) is 15.8. The van der Waals surface area contributed by atoms with E-state index in [1.54, 1.807) is 31.5 Å². The van der Waals surface area contributed by atoms with E-state index in [2.05, 4.69) is 20.9 Å². The lowest BCUT2D eigenvalue weighted by molar-refractivity contribution is 0.103. The second kappa shape index (κ2) is 5.13. The van der Waals surface area contributed by atoms with Crippen LogP contribution in [-0.2, 0) is 0 Å². The number of hydrogen-bond acceptors (Lipinski definition) is 2. The van der Waals surface area contributed by atoms with Gasteiger partial charge in [-0.25, -0.2) is 0 Å². The third-order valence-corrected chi connectivity index (χ3v) is 3.91. The maximum absolute atomic E-state index is 12.7. The maximum atomic E-state index is 12.7. The minimum atomic E-state index is -0.0167. The molecule has 100 valence electrons. The third-order valence-electron chi connectivity index (χ3n) is 3.25. The highest BCUT2D eigenvalue weighted by molar-refractivity contribution is 9.10. The number of hydrogen-bond donors (Lipinski definition) is 1. The average Bonchev–Trinajstić information content (AvgIpc) is 2.90. The first kappa shape index (κ1) is 12.9. The van der Waals surface area contributed by atoms with Crippen LogP contribution in [0.5, 0.6) is 5.75 Å². The van der Waals surface area contributed by atoms with Gasteiger partial charge in [0.2, 0.25) is 0 Å². The van der Waals surface area contributed by atoms with E-state index in [9.17, 15) is 4.79 Å². The lowest BCUT2D eigenvalue weighted by Gasteiger charge is -2.05. The molecular formula is C16H12BrNO2. The van der Waals surface area contributed by atoms with Crippen LogP contribution in [0.2, 0.25) is 0 Å². The van der Waals surface area contributed by atoms with Crippen LogP contribution in [0.4, 0.5) is 0 Å². The summed E-state index contributed by atoms with van der Waals surface area (Å²) in [5.41, 5.74) is 2.25. The second-order valence-electron chi connectivity index (χ2n) is 4.42. The Balaban J connectivity index is 2.09. The SMILES string of the molecule is COc1ccc(C(=O)c2c[nH]c3ccccc23)c(Br)c1.